The quantitative estimate of drug-likeness (QED) is 0.442. The summed E-state index contributed by atoms with van der Waals surface area (Å²) in [6.07, 6.45) is 2.62. The van der Waals surface area contributed by atoms with Gasteiger partial charge in [-0.2, -0.15) is 5.06 Å². The number of nitrogens with zero attached hydrogens (tertiary/aromatic N) is 1. The lowest BCUT2D eigenvalue weighted by atomic mass is 10.2. The van der Waals surface area contributed by atoms with Crippen LogP contribution in [-0.4, -0.2) is 23.4 Å². The van der Waals surface area contributed by atoms with E-state index in [1.165, 1.54) is 0 Å². The summed E-state index contributed by atoms with van der Waals surface area (Å²) in [7, 11) is 1.62. The van der Waals surface area contributed by atoms with E-state index >= 15 is 0 Å². The number of hydrogen-bond donors (Lipinski definition) is 1. The molecule has 1 N–H and O–H groups in total. The summed E-state index contributed by atoms with van der Waals surface area (Å²) in [4.78, 5) is 0. The summed E-state index contributed by atoms with van der Waals surface area (Å²) in [6, 6.07) is 0.106. The minimum atomic E-state index is 0.106. The van der Waals surface area contributed by atoms with Crippen molar-refractivity contribution in [3.05, 3.63) is 12.7 Å². The first-order chi connectivity index (χ1) is 3.72. The average molecular weight is 115 g/mol. The van der Waals surface area contributed by atoms with E-state index in [2.05, 4.69) is 6.58 Å². The normalized spacial score (nSPS) is 14.0. The Hall–Kier alpha value is -0.340. The zero-order valence-corrected chi connectivity index (χ0v) is 5.46. The smallest absolute Gasteiger partial charge is 0.0521 e. The van der Waals surface area contributed by atoms with Crippen molar-refractivity contribution in [2.24, 2.45) is 0 Å². The molecule has 0 aromatic carbocycles. The Bertz CT molecular complexity index is 70.9. The van der Waals surface area contributed by atoms with Crippen molar-refractivity contribution >= 4 is 0 Å². The highest BCUT2D eigenvalue weighted by molar-refractivity contribution is 4.81. The molecule has 0 aliphatic carbocycles. The molecule has 48 valence electrons. The zero-order chi connectivity index (χ0) is 6.57. The van der Waals surface area contributed by atoms with E-state index < -0.39 is 0 Å². The van der Waals surface area contributed by atoms with Gasteiger partial charge in [-0.15, -0.1) is 6.58 Å². The molecule has 0 spiro atoms. The molecular weight excluding hydrogens is 102 g/mol. The van der Waals surface area contributed by atoms with Crippen LogP contribution in [0.3, 0.4) is 0 Å². The van der Waals surface area contributed by atoms with Crippen LogP contribution in [0.15, 0.2) is 12.7 Å². The third-order valence-electron chi connectivity index (χ3n) is 1.17. The van der Waals surface area contributed by atoms with Gasteiger partial charge in [-0.1, -0.05) is 13.0 Å². The van der Waals surface area contributed by atoms with Gasteiger partial charge in [0.15, 0.2) is 0 Å². The van der Waals surface area contributed by atoms with Gasteiger partial charge in [-0.25, -0.2) is 0 Å². The fraction of sp³-hybridized carbons (Fsp3) is 0.667. The molecule has 0 amide bonds. The van der Waals surface area contributed by atoms with Gasteiger partial charge in [0.25, 0.3) is 0 Å². The van der Waals surface area contributed by atoms with Crippen molar-refractivity contribution in [1.82, 2.24) is 5.06 Å². The molecule has 0 bridgehead atoms. The molecule has 0 saturated carbocycles. The van der Waals surface area contributed by atoms with Gasteiger partial charge in [0.2, 0.25) is 0 Å². The fourth-order valence-electron chi connectivity index (χ4n) is 0.583. The van der Waals surface area contributed by atoms with Crippen molar-refractivity contribution in [3.63, 3.8) is 0 Å². The van der Waals surface area contributed by atoms with E-state index in [1.807, 2.05) is 6.92 Å². The maximum atomic E-state index is 8.77. The SMILES string of the molecule is C=CC(CC)N(C)O. The highest BCUT2D eigenvalue weighted by Gasteiger charge is 2.02. The number of rotatable bonds is 3. The minimum Gasteiger partial charge on any atom is -0.314 e. The predicted molar refractivity (Wildman–Crippen MR) is 33.8 cm³/mol. The summed E-state index contributed by atoms with van der Waals surface area (Å²) < 4.78 is 0. The third-order valence-corrected chi connectivity index (χ3v) is 1.17. The van der Waals surface area contributed by atoms with Crippen LogP contribution < -0.4 is 0 Å². The van der Waals surface area contributed by atoms with Gasteiger partial charge in [0.05, 0.1) is 6.04 Å². The second-order valence-electron chi connectivity index (χ2n) is 1.78. The van der Waals surface area contributed by atoms with Crippen LogP contribution in [0.2, 0.25) is 0 Å². The maximum absolute atomic E-state index is 8.77. The van der Waals surface area contributed by atoms with Gasteiger partial charge < -0.3 is 5.21 Å². The second-order valence-corrected chi connectivity index (χ2v) is 1.78. The van der Waals surface area contributed by atoms with E-state index in [1.54, 1.807) is 13.1 Å². The van der Waals surface area contributed by atoms with E-state index in [9.17, 15) is 0 Å². The Labute approximate surface area is 50.4 Å². The highest BCUT2D eigenvalue weighted by atomic mass is 16.5. The summed E-state index contributed by atoms with van der Waals surface area (Å²) in [5.74, 6) is 0. The Kier molecular flexibility index (Phi) is 3.48. The van der Waals surface area contributed by atoms with Crippen LogP contribution in [0.25, 0.3) is 0 Å². The maximum Gasteiger partial charge on any atom is 0.0521 e. The predicted octanol–water partition coefficient (Wildman–Crippen LogP) is 1.27. The van der Waals surface area contributed by atoms with E-state index in [0.717, 1.165) is 11.5 Å². The van der Waals surface area contributed by atoms with Gasteiger partial charge in [0.1, 0.15) is 0 Å². The molecule has 0 fully saturated rings. The molecule has 0 aromatic heterocycles. The first-order valence-electron chi connectivity index (χ1n) is 2.76. The molecule has 0 rings (SSSR count). The first kappa shape index (κ1) is 7.66. The summed E-state index contributed by atoms with van der Waals surface area (Å²) >= 11 is 0. The largest absolute Gasteiger partial charge is 0.314 e. The van der Waals surface area contributed by atoms with Gasteiger partial charge in [-0.3, -0.25) is 0 Å². The second kappa shape index (κ2) is 3.64. The monoisotopic (exact) mass is 115 g/mol. The molecule has 2 heteroatoms. The topological polar surface area (TPSA) is 23.5 Å². The third kappa shape index (κ3) is 2.09. The Morgan fingerprint density at radius 1 is 1.88 bits per heavy atom. The van der Waals surface area contributed by atoms with Gasteiger partial charge in [0, 0.05) is 7.05 Å². The van der Waals surface area contributed by atoms with Gasteiger partial charge in [-0.05, 0) is 6.42 Å². The molecule has 0 aliphatic heterocycles. The number of hydroxylamine groups is 2. The van der Waals surface area contributed by atoms with Crippen LogP contribution in [0, 0.1) is 0 Å². The Balaban J connectivity index is 3.51. The zero-order valence-electron chi connectivity index (χ0n) is 5.46. The van der Waals surface area contributed by atoms with Crippen molar-refractivity contribution in [2.75, 3.05) is 7.05 Å². The van der Waals surface area contributed by atoms with Crippen LogP contribution in [0.4, 0.5) is 0 Å². The molecule has 0 aliphatic rings. The summed E-state index contributed by atoms with van der Waals surface area (Å²) in [5.41, 5.74) is 0. The molecule has 1 atom stereocenters. The first-order valence-corrected chi connectivity index (χ1v) is 2.76. The average Bonchev–Trinajstić information content (AvgIpc) is 1.69. The Morgan fingerprint density at radius 2 is 2.38 bits per heavy atom. The fourth-order valence-corrected chi connectivity index (χ4v) is 0.583. The Morgan fingerprint density at radius 3 is 2.38 bits per heavy atom. The molecule has 2 nitrogen and oxygen atoms in total. The van der Waals surface area contributed by atoms with Crippen LogP contribution in [0.5, 0.6) is 0 Å². The molecule has 0 aromatic rings. The van der Waals surface area contributed by atoms with E-state index in [0.29, 0.717) is 0 Å². The van der Waals surface area contributed by atoms with Crippen molar-refractivity contribution < 1.29 is 5.21 Å². The minimum absolute atomic E-state index is 0.106. The van der Waals surface area contributed by atoms with E-state index in [4.69, 9.17) is 5.21 Å². The molecule has 0 heterocycles. The molecule has 0 saturated heterocycles. The lowest BCUT2D eigenvalue weighted by molar-refractivity contribution is -0.0884. The van der Waals surface area contributed by atoms with Crippen molar-refractivity contribution in [3.8, 4) is 0 Å². The molecule has 8 heavy (non-hydrogen) atoms. The molecule has 1 unspecified atom stereocenters. The summed E-state index contributed by atoms with van der Waals surface area (Å²) in [6.45, 7) is 5.55. The standard InChI is InChI=1S/C6H13NO/c1-4-6(5-2)7(3)8/h4,6,8H,1,5H2,2-3H3. The molecule has 0 radical (unpaired) electrons. The lowest BCUT2D eigenvalue weighted by Gasteiger charge is -2.15. The van der Waals surface area contributed by atoms with Gasteiger partial charge >= 0.3 is 0 Å². The lowest BCUT2D eigenvalue weighted by Crippen LogP contribution is -2.25. The number of likely N-dealkylation sites (N-methyl/N-ethyl adjacent to an activating group) is 1. The summed E-state index contributed by atoms with van der Waals surface area (Å²) in [5, 5.41) is 9.93. The van der Waals surface area contributed by atoms with E-state index in [-0.39, 0.29) is 6.04 Å². The highest BCUT2D eigenvalue weighted by Crippen LogP contribution is 1.97. The molecular formula is C6H13NO. The van der Waals surface area contributed by atoms with Crippen LogP contribution in [0.1, 0.15) is 13.3 Å². The van der Waals surface area contributed by atoms with Crippen molar-refractivity contribution in [1.29, 1.82) is 0 Å². The van der Waals surface area contributed by atoms with Crippen LogP contribution in [-0.2, 0) is 0 Å². The number of hydrogen-bond acceptors (Lipinski definition) is 2. The van der Waals surface area contributed by atoms with Crippen molar-refractivity contribution in [2.45, 2.75) is 19.4 Å². The van der Waals surface area contributed by atoms with Crippen LogP contribution >= 0.6 is 0 Å².